The van der Waals surface area contributed by atoms with E-state index in [1.165, 1.54) is 37.7 Å². The summed E-state index contributed by atoms with van der Waals surface area (Å²) in [6.07, 6.45) is 0. The van der Waals surface area contributed by atoms with E-state index in [9.17, 15) is 14.0 Å². The van der Waals surface area contributed by atoms with Crippen LogP contribution in [0, 0.1) is 5.82 Å². The smallest absolute Gasteiger partial charge is 0.341 e. The molecule has 0 unspecified atom stereocenters. The van der Waals surface area contributed by atoms with Gasteiger partial charge in [0.25, 0.3) is 5.91 Å². The quantitative estimate of drug-likeness (QED) is 0.580. The van der Waals surface area contributed by atoms with Gasteiger partial charge in [-0.15, -0.1) is 11.3 Å². The number of rotatable bonds is 7. The SMILES string of the molecule is COC(=O)c1c(-c2ccc(F)cc2)csc1NC(=O)COc1cccc(OC)c1. The lowest BCUT2D eigenvalue weighted by atomic mass is 10.0. The number of thiophene rings is 1. The molecule has 2 aromatic carbocycles. The van der Waals surface area contributed by atoms with Crippen LogP contribution in [0.4, 0.5) is 9.39 Å². The van der Waals surface area contributed by atoms with Crippen molar-refractivity contribution in [1.82, 2.24) is 0 Å². The highest BCUT2D eigenvalue weighted by atomic mass is 32.1. The van der Waals surface area contributed by atoms with Crippen molar-refractivity contribution in [2.75, 3.05) is 26.1 Å². The van der Waals surface area contributed by atoms with Crippen molar-refractivity contribution < 1.29 is 28.2 Å². The molecular weight excluding hydrogens is 397 g/mol. The van der Waals surface area contributed by atoms with Crippen LogP contribution in [0.1, 0.15) is 10.4 Å². The molecule has 0 saturated carbocycles. The Kier molecular flexibility index (Phi) is 6.46. The van der Waals surface area contributed by atoms with E-state index in [-0.39, 0.29) is 18.0 Å². The van der Waals surface area contributed by atoms with Crippen molar-refractivity contribution >= 4 is 28.2 Å². The minimum absolute atomic E-state index is 0.207. The van der Waals surface area contributed by atoms with E-state index < -0.39 is 11.9 Å². The average molecular weight is 415 g/mol. The molecule has 0 atom stereocenters. The van der Waals surface area contributed by atoms with E-state index in [2.05, 4.69) is 5.32 Å². The summed E-state index contributed by atoms with van der Waals surface area (Å²) < 4.78 is 28.6. The van der Waals surface area contributed by atoms with Gasteiger partial charge in [0.2, 0.25) is 0 Å². The van der Waals surface area contributed by atoms with Gasteiger partial charge in [-0.2, -0.15) is 0 Å². The first-order valence-corrected chi connectivity index (χ1v) is 9.42. The van der Waals surface area contributed by atoms with Crippen molar-refractivity contribution in [3.05, 3.63) is 65.3 Å². The van der Waals surface area contributed by atoms with Gasteiger partial charge in [0.05, 0.1) is 14.2 Å². The topological polar surface area (TPSA) is 73.9 Å². The molecule has 0 spiro atoms. The van der Waals surface area contributed by atoms with Crippen molar-refractivity contribution in [3.63, 3.8) is 0 Å². The predicted molar refractivity (Wildman–Crippen MR) is 108 cm³/mol. The zero-order valence-electron chi connectivity index (χ0n) is 15.7. The maximum Gasteiger partial charge on any atom is 0.341 e. The molecule has 0 radical (unpaired) electrons. The number of hydrogen-bond acceptors (Lipinski definition) is 6. The molecule has 1 aromatic heterocycles. The molecule has 0 fully saturated rings. The first-order valence-electron chi connectivity index (χ1n) is 8.54. The Balaban J connectivity index is 1.76. The van der Waals surface area contributed by atoms with Crippen molar-refractivity contribution in [1.29, 1.82) is 0 Å². The van der Waals surface area contributed by atoms with Crippen molar-refractivity contribution in [2.45, 2.75) is 0 Å². The van der Waals surface area contributed by atoms with Gasteiger partial charge in [-0.25, -0.2) is 9.18 Å². The summed E-state index contributed by atoms with van der Waals surface area (Å²) in [6.45, 7) is -0.252. The summed E-state index contributed by atoms with van der Waals surface area (Å²) in [5.74, 6) is -0.337. The molecule has 0 saturated heterocycles. The molecule has 1 N–H and O–H groups in total. The van der Waals surface area contributed by atoms with E-state index in [4.69, 9.17) is 14.2 Å². The number of nitrogens with one attached hydrogen (secondary N) is 1. The Morgan fingerprint density at radius 1 is 1.07 bits per heavy atom. The summed E-state index contributed by atoms with van der Waals surface area (Å²) >= 11 is 1.17. The number of methoxy groups -OCH3 is 2. The Hall–Kier alpha value is -3.39. The fraction of sp³-hybridized carbons (Fsp3) is 0.143. The van der Waals surface area contributed by atoms with E-state index in [0.29, 0.717) is 27.6 Å². The molecule has 8 heteroatoms. The van der Waals surface area contributed by atoms with Crippen LogP contribution in [0.2, 0.25) is 0 Å². The number of benzene rings is 2. The Bertz CT molecular complexity index is 1020. The summed E-state index contributed by atoms with van der Waals surface area (Å²) in [7, 11) is 2.79. The highest BCUT2D eigenvalue weighted by Gasteiger charge is 2.22. The highest BCUT2D eigenvalue weighted by molar-refractivity contribution is 7.15. The van der Waals surface area contributed by atoms with E-state index in [1.54, 1.807) is 41.8 Å². The lowest BCUT2D eigenvalue weighted by Crippen LogP contribution is -2.21. The largest absolute Gasteiger partial charge is 0.497 e. The molecule has 1 heterocycles. The minimum Gasteiger partial charge on any atom is -0.497 e. The molecule has 0 bridgehead atoms. The van der Waals surface area contributed by atoms with Crippen LogP contribution in [-0.2, 0) is 9.53 Å². The molecule has 3 rings (SSSR count). The first-order chi connectivity index (χ1) is 14.0. The fourth-order valence-electron chi connectivity index (χ4n) is 2.60. The predicted octanol–water partition coefficient (Wildman–Crippen LogP) is 4.37. The van der Waals surface area contributed by atoms with Gasteiger partial charge in [0.1, 0.15) is 27.9 Å². The molecule has 150 valence electrons. The van der Waals surface area contributed by atoms with Gasteiger partial charge in [0, 0.05) is 17.0 Å². The van der Waals surface area contributed by atoms with Crippen LogP contribution >= 0.6 is 11.3 Å². The van der Waals surface area contributed by atoms with Crippen LogP contribution in [0.15, 0.2) is 53.9 Å². The maximum atomic E-state index is 13.2. The monoisotopic (exact) mass is 415 g/mol. The zero-order chi connectivity index (χ0) is 20.8. The molecule has 0 aliphatic heterocycles. The summed E-state index contributed by atoms with van der Waals surface area (Å²) in [6, 6.07) is 12.6. The number of halogens is 1. The molecular formula is C21H18FNO5S. The third-order valence-corrected chi connectivity index (χ3v) is 4.90. The van der Waals surface area contributed by atoms with Crippen LogP contribution < -0.4 is 14.8 Å². The second kappa shape index (κ2) is 9.20. The maximum absolute atomic E-state index is 13.2. The van der Waals surface area contributed by atoms with E-state index in [1.807, 2.05) is 0 Å². The van der Waals surface area contributed by atoms with Gasteiger partial charge < -0.3 is 19.5 Å². The summed E-state index contributed by atoms with van der Waals surface area (Å²) in [5.41, 5.74) is 1.39. The standard InChI is InChI=1S/C21H18FNO5S/c1-26-15-4-3-5-16(10-15)28-11-18(24)23-20-19(21(25)27-2)17(12-29-20)13-6-8-14(22)9-7-13/h3-10,12H,11H2,1-2H3,(H,23,24). The molecule has 3 aromatic rings. The van der Waals surface area contributed by atoms with Gasteiger partial charge in [-0.05, 0) is 29.8 Å². The van der Waals surface area contributed by atoms with Crippen LogP contribution in [-0.4, -0.2) is 32.7 Å². The summed E-state index contributed by atoms with van der Waals surface area (Å²) in [5, 5.41) is 4.71. The second-order valence-electron chi connectivity index (χ2n) is 5.87. The minimum atomic E-state index is -0.602. The lowest BCUT2D eigenvalue weighted by molar-refractivity contribution is -0.118. The number of carbonyl (C=O) groups excluding carboxylic acids is 2. The van der Waals surface area contributed by atoms with Gasteiger partial charge >= 0.3 is 5.97 Å². The number of carbonyl (C=O) groups is 2. The molecule has 0 aliphatic carbocycles. The van der Waals surface area contributed by atoms with Gasteiger partial charge in [-0.3, -0.25) is 4.79 Å². The third-order valence-electron chi connectivity index (χ3n) is 4.00. The first kappa shape index (κ1) is 20.3. The highest BCUT2D eigenvalue weighted by Crippen LogP contribution is 2.36. The van der Waals surface area contributed by atoms with Crippen LogP contribution in [0.25, 0.3) is 11.1 Å². The Morgan fingerprint density at radius 3 is 2.48 bits per heavy atom. The second-order valence-corrected chi connectivity index (χ2v) is 6.75. The fourth-order valence-corrected chi connectivity index (χ4v) is 3.57. The van der Waals surface area contributed by atoms with E-state index in [0.717, 1.165) is 0 Å². The molecule has 0 aliphatic rings. The Labute approximate surface area is 170 Å². The number of amides is 1. The molecule has 1 amide bonds. The van der Waals surface area contributed by atoms with Crippen LogP contribution in [0.3, 0.4) is 0 Å². The molecule has 6 nitrogen and oxygen atoms in total. The number of anilines is 1. The van der Waals surface area contributed by atoms with Gasteiger partial charge in [0.15, 0.2) is 6.61 Å². The summed E-state index contributed by atoms with van der Waals surface area (Å²) in [4.78, 5) is 24.6. The Morgan fingerprint density at radius 2 is 1.79 bits per heavy atom. The van der Waals surface area contributed by atoms with Crippen molar-refractivity contribution in [3.8, 4) is 22.6 Å². The van der Waals surface area contributed by atoms with Gasteiger partial charge in [-0.1, -0.05) is 18.2 Å². The van der Waals surface area contributed by atoms with Crippen molar-refractivity contribution in [2.24, 2.45) is 0 Å². The molecule has 29 heavy (non-hydrogen) atoms. The zero-order valence-corrected chi connectivity index (χ0v) is 16.5. The number of hydrogen-bond donors (Lipinski definition) is 1. The van der Waals surface area contributed by atoms with E-state index >= 15 is 0 Å². The average Bonchev–Trinajstić information content (AvgIpc) is 3.15. The normalized spacial score (nSPS) is 10.3. The number of ether oxygens (including phenoxy) is 3. The lowest BCUT2D eigenvalue weighted by Gasteiger charge is -2.09. The number of esters is 1. The third kappa shape index (κ3) is 4.91. The van der Waals surface area contributed by atoms with Crippen LogP contribution in [0.5, 0.6) is 11.5 Å².